The molecule has 1 aliphatic rings. The number of carbonyl (C=O) groups is 1. The van der Waals surface area contributed by atoms with Gasteiger partial charge in [0.05, 0.1) is 16.9 Å². The van der Waals surface area contributed by atoms with Crippen molar-refractivity contribution in [2.75, 3.05) is 16.2 Å². The Hall–Kier alpha value is -2.85. The highest BCUT2D eigenvalue weighted by molar-refractivity contribution is 7.92. The Labute approximate surface area is 140 Å². The Morgan fingerprint density at radius 2 is 1.79 bits per heavy atom. The molecule has 1 aliphatic heterocycles. The van der Waals surface area contributed by atoms with Gasteiger partial charge in [-0.15, -0.1) is 0 Å². The zero-order valence-electron chi connectivity index (χ0n) is 12.8. The van der Waals surface area contributed by atoms with E-state index in [0.717, 1.165) is 6.42 Å². The van der Waals surface area contributed by atoms with Crippen LogP contribution >= 0.6 is 0 Å². The van der Waals surface area contributed by atoms with Crippen LogP contribution in [0.2, 0.25) is 0 Å². The van der Waals surface area contributed by atoms with Crippen LogP contribution in [0.25, 0.3) is 0 Å². The van der Waals surface area contributed by atoms with Gasteiger partial charge in [-0.3, -0.25) is 9.52 Å². The Kier molecular flexibility index (Phi) is 4.23. The van der Waals surface area contributed by atoms with Crippen LogP contribution in [0.1, 0.15) is 18.4 Å². The Balaban J connectivity index is 2.00. The first-order valence-corrected chi connectivity index (χ1v) is 8.92. The lowest BCUT2D eigenvalue weighted by Crippen LogP contribution is -2.25. The predicted octanol–water partition coefficient (Wildman–Crippen LogP) is 2.49. The lowest BCUT2D eigenvalue weighted by Gasteiger charge is -2.20. The van der Waals surface area contributed by atoms with E-state index in [1.54, 1.807) is 41.3 Å². The summed E-state index contributed by atoms with van der Waals surface area (Å²) in [6.45, 7) is 0.562. The third-order valence-electron chi connectivity index (χ3n) is 3.81. The SMILES string of the molecule is N#Cc1ccccc1S(=O)(=O)Nc1ccccc1N1CCCC1=O. The first-order chi connectivity index (χ1) is 11.5. The molecule has 1 N–H and O–H groups in total. The lowest BCUT2D eigenvalue weighted by molar-refractivity contribution is -0.117. The second-order valence-electron chi connectivity index (χ2n) is 5.38. The molecule has 2 aromatic carbocycles. The highest BCUT2D eigenvalue weighted by atomic mass is 32.2. The first kappa shape index (κ1) is 16.0. The standard InChI is InChI=1S/C17H15N3O3S/c18-12-13-6-1-4-9-16(13)24(22,23)19-14-7-2-3-8-15(14)20-11-5-10-17(20)21/h1-4,6-9,19H,5,10-11H2. The number of sulfonamides is 1. The molecule has 1 heterocycles. The van der Waals surface area contributed by atoms with Crippen molar-refractivity contribution in [2.45, 2.75) is 17.7 Å². The van der Waals surface area contributed by atoms with E-state index in [1.807, 2.05) is 6.07 Å². The smallest absolute Gasteiger partial charge is 0.263 e. The third-order valence-corrected chi connectivity index (χ3v) is 5.23. The number of benzene rings is 2. The van der Waals surface area contributed by atoms with Crippen molar-refractivity contribution in [3.63, 3.8) is 0 Å². The van der Waals surface area contributed by atoms with Gasteiger partial charge in [-0.2, -0.15) is 5.26 Å². The van der Waals surface area contributed by atoms with Crippen LogP contribution in [0, 0.1) is 11.3 Å². The van der Waals surface area contributed by atoms with E-state index >= 15 is 0 Å². The topological polar surface area (TPSA) is 90.3 Å². The molecular weight excluding hydrogens is 326 g/mol. The number of amides is 1. The monoisotopic (exact) mass is 341 g/mol. The van der Waals surface area contributed by atoms with E-state index in [1.165, 1.54) is 12.1 Å². The fourth-order valence-corrected chi connectivity index (χ4v) is 3.92. The molecule has 3 rings (SSSR count). The Bertz CT molecular complexity index is 932. The molecule has 0 atom stereocenters. The van der Waals surface area contributed by atoms with Gasteiger partial charge in [0, 0.05) is 13.0 Å². The quantitative estimate of drug-likeness (QED) is 0.925. The van der Waals surface area contributed by atoms with Crippen LogP contribution in [-0.4, -0.2) is 20.9 Å². The maximum absolute atomic E-state index is 12.7. The van der Waals surface area contributed by atoms with Crippen LogP contribution in [0.4, 0.5) is 11.4 Å². The van der Waals surface area contributed by atoms with Gasteiger partial charge in [0.1, 0.15) is 11.0 Å². The summed E-state index contributed by atoms with van der Waals surface area (Å²) in [5.41, 5.74) is 0.915. The molecule has 1 fully saturated rings. The summed E-state index contributed by atoms with van der Waals surface area (Å²) in [4.78, 5) is 13.5. The molecule has 24 heavy (non-hydrogen) atoms. The number of anilines is 2. The largest absolute Gasteiger partial charge is 0.310 e. The molecule has 0 unspecified atom stereocenters. The molecule has 0 spiro atoms. The molecule has 0 radical (unpaired) electrons. The summed E-state index contributed by atoms with van der Waals surface area (Å²) in [7, 11) is -3.94. The van der Waals surface area contributed by atoms with Crippen LogP contribution < -0.4 is 9.62 Å². The third kappa shape index (κ3) is 2.96. The van der Waals surface area contributed by atoms with E-state index in [2.05, 4.69) is 4.72 Å². The second-order valence-corrected chi connectivity index (χ2v) is 7.03. The molecule has 0 aliphatic carbocycles. The minimum Gasteiger partial charge on any atom is -0.310 e. The van der Waals surface area contributed by atoms with Gasteiger partial charge in [0.25, 0.3) is 10.0 Å². The first-order valence-electron chi connectivity index (χ1n) is 7.44. The summed E-state index contributed by atoms with van der Waals surface area (Å²) >= 11 is 0. The number of hydrogen-bond donors (Lipinski definition) is 1. The van der Waals surface area contributed by atoms with Crippen molar-refractivity contribution in [3.05, 3.63) is 54.1 Å². The number of para-hydroxylation sites is 2. The summed E-state index contributed by atoms with van der Waals surface area (Å²) in [6.07, 6.45) is 1.20. The Morgan fingerprint density at radius 1 is 1.08 bits per heavy atom. The highest BCUT2D eigenvalue weighted by Gasteiger charge is 2.26. The summed E-state index contributed by atoms with van der Waals surface area (Å²) in [5.74, 6) is -0.0286. The van der Waals surface area contributed by atoms with E-state index in [9.17, 15) is 13.2 Å². The average molecular weight is 341 g/mol. The molecule has 2 aromatic rings. The minimum atomic E-state index is -3.94. The minimum absolute atomic E-state index is 0.0286. The second kappa shape index (κ2) is 6.34. The molecule has 1 amide bonds. The molecular formula is C17H15N3O3S. The summed E-state index contributed by atoms with van der Waals surface area (Å²) < 4.78 is 27.8. The van der Waals surface area contributed by atoms with Crippen LogP contribution in [0.5, 0.6) is 0 Å². The molecule has 0 aromatic heterocycles. The average Bonchev–Trinajstić information content (AvgIpc) is 3.01. The summed E-state index contributed by atoms with van der Waals surface area (Å²) in [5, 5.41) is 9.11. The van der Waals surface area contributed by atoms with Gasteiger partial charge in [-0.05, 0) is 30.7 Å². The number of nitrogens with zero attached hydrogens (tertiary/aromatic N) is 2. The number of carbonyl (C=O) groups excluding carboxylic acids is 1. The number of nitrogens with one attached hydrogen (secondary N) is 1. The predicted molar refractivity (Wildman–Crippen MR) is 90.0 cm³/mol. The lowest BCUT2D eigenvalue weighted by atomic mass is 10.2. The molecule has 1 saturated heterocycles. The van der Waals surface area contributed by atoms with Gasteiger partial charge < -0.3 is 4.90 Å². The normalized spacial score (nSPS) is 14.5. The van der Waals surface area contributed by atoms with E-state index in [0.29, 0.717) is 24.3 Å². The molecule has 0 bridgehead atoms. The van der Waals surface area contributed by atoms with Crippen LogP contribution in [0.3, 0.4) is 0 Å². The van der Waals surface area contributed by atoms with Crippen LogP contribution in [-0.2, 0) is 14.8 Å². The van der Waals surface area contributed by atoms with Crippen molar-refractivity contribution in [2.24, 2.45) is 0 Å². The Morgan fingerprint density at radius 3 is 2.50 bits per heavy atom. The molecule has 0 saturated carbocycles. The van der Waals surface area contributed by atoms with Gasteiger partial charge >= 0.3 is 0 Å². The van der Waals surface area contributed by atoms with Crippen molar-refractivity contribution in [1.29, 1.82) is 5.26 Å². The zero-order valence-corrected chi connectivity index (χ0v) is 13.6. The fraction of sp³-hybridized carbons (Fsp3) is 0.176. The zero-order chi connectivity index (χ0) is 17.2. The van der Waals surface area contributed by atoms with Gasteiger partial charge in [-0.25, -0.2) is 8.42 Å². The van der Waals surface area contributed by atoms with Crippen molar-refractivity contribution >= 4 is 27.3 Å². The van der Waals surface area contributed by atoms with Gasteiger partial charge in [0.2, 0.25) is 5.91 Å². The van der Waals surface area contributed by atoms with Crippen molar-refractivity contribution in [3.8, 4) is 6.07 Å². The van der Waals surface area contributed by atoms with Gasteiger partial charge in [0.15, 0.2) is 0 Å². The van der Waals surface area contributed by atoms with Gasteiger partial charge in [-0.1, -0.05) is 24.3 Å². The number of rotatable bonds is 4. The van der Waals surface area contributed by atoms with E-state index < -0.39 is 10.0 Å². The van der Waals surface area contributed by atoms with Crippen LogP contribution in [0.15, 0.2) is 53.4 Å². The van der Waals surface area contributed by atoms with E-state index in [-0.39, 0.29) is 16.4 Å². The fourth-order valence-electron chi connectivity index (χ4n) is 2.69. The van der Waals surface area contributed by atoms with Crippen molar-refractivity contribution < 1.29 is 13.2 Å². The highest BCUT2D eigenvalue weighted by Crippen LogP contribution is 2.31. The number of nitriles is 1. The maximum atomic E-state index is 12.7. The van der Waals surface area contributed by atoms with Crippen molar-refractivity contribution in [1.82, 2.24) is 0 Å². The van der Waals surface area contributed by atoms with E-state index in [4.69, 9.17) is 5.26 Å². The molecule has 122 valence electrons. The molecule has 6 nitrogen and oxygen atoms in total. The number of hydrogen-bond acceptors (Lipinski definition) is 4. The maximum Gasteiger partial charge on any atom is 0.263 e. The molecule has 7 heteroatoms. The summed E-state index contributed by atoms with van der Waals surface area (Å²) in [6, 6.07) is 14.6.